The Balaban J connectivity index is 1.74. The zero-order valence-electron chi connectivity index (χ0n) is 19.8. The number of phenolic OH excluding ortho intramolecular Hbond substituents is 1. The molecule has 0 radical (unpaired) electrons. The van der Waals surface area contributed by atoms with Crippen molar-refractivity contribution < 1.29 is 14.6 Å². The van der Waals surface area contributed by atoms with Crippen molar-refractivity contribution in [2.45, 2.75) is 44.8 Å². The minimum atomic E-state index is -0.577. The van der Waals surface area contributed by atoms with Crippen LogP contribution in [0.25, 0.3) is 0 Å². The molecular weight excluding hydrogens is 450 g/mol. The molecule has 1 atom stereocenters. The minimum absolute atomic E-state index is 0.00584. The number of nitrogens with zero attached hydrogens (tertiary/aromatic N) is 3. The van der Waals surface area contributed by atoms with Gasteiger partial charge in [0.25, 0.3) is 5.91 Å². The highest BCUT2D eigenvalue weighted by Crippen LogP contribution is 2.39. The fourth-order valence-electron chi connectivity index (χ4n) is 3.82. The third-order valence-electron chi connectivity index (χ3n) is 5.63. The molecule has 1 unspecified atom stereocenters. The van der Waals surface area contributed by atoms with Crippen LogP contribution in [0, 0.1) is 6.92 Å². The number of unbranched alkanes of at least 4 members (excludes halogenated alkanes) is 1. The van der Waals surface area contributed by atoms with Crippen LogP contribution in [0.5, 0.6) is 11.5 Å². The Morgan fingerprint density at radius 1 is 1.24 bits per heavy atom. The highest BCUT2D eigenvalue weighted by molar-refractivity contribution is 7.99. The number of allylic oxidation sites excluding steroid dienone is 1. The monoisotopic (exact) mass is 479 g/mol. The number of nitrogens with one attached hydrogen (secondary N) is 2. The summed E-state index contributed by atoms with van der Waals surface area (Å²) in [5, 5.41) is 22.1. The van der Waals surface area contributed by atoms with Gasteiger partial charge in [-0.05, 0) is 50.1 Å². The zero-order valence-corrected chi connectivity index (χ0v) is 20.6. The maximum absolute atomic E-state index is 13.5. The predicted octanol–water partition coefficient (Wildman–Crippen LogP) is 5.12. The second kappa shape index (κ2) is 10.2. The fraction of sp³-hybridized carbons (Fsp3) is 0.320. The number of anilines is 2. The summed E-state index contributed by atoms with van der Waals surface area (Å²) in [4.78, 5) is 18.2. The number of hydrogen-bond acceptors (Lipinski definition) is 7. The van der Waals surface area contributed by atoms with Crippen LogP contribution in [-0.4, -0.2) is 38.6 Å². The third kappa shape index (κ3) is 4.89. The number of rotatable bonds is 8. The molecule has 34 heavy (non-hydrogen) atoms. The molecule has 4 rings (SSSR count). The lowest BCUT2D eigenvalue weighted by molar-refractivity contribution is -0.113. The van der Waals surface area contributed by atoms with Gasteiger partial charge in [0.15, 0.2) is 11.5 Å². The number of carbonyl (C=O) groups excluding carboxylic acids is 1. The number of carbonyl (C=O) groups is 1. The summed E-state index contributed by atoms with van der Waals surface area (Å²) in [6.45, 7) is 5.99. The van der Waals surface area contributed by atoms with Crippen LogP contribution in [0.4, 0.5) is 11.6 Å². The molecule has 0 fully saturated rings. The van der Waals surface area contributed by atoms with E-state index in [4.69, 9.17) is 9.84 Å². The van der Waals surface area contributed by atoms with Gasteiger partial charge in [0.05, 0.1) is 12.7 Å². The van der Waals surface area contributed by atoms with Crippen molar-refractivity contribution in [1.29, 1.82) is 0 Å². The predicted molar refractivity (Wildman–Crippen MR) is 135 cm³/mol. The molecule has 0 bridgehead atoms. The van der Waals surface area contributed by atoms with Crippen LogP contribution in [0.2, 0.25) is 0 Å². The third-order valence-corrected chi connectivity index (χ3v) is 6.56. The van der Waals surface area contributed by atoms with E-state index >= 15 is 0 Å². The highest BCUT2D eigenvalue weighted by Gasteiger charge is 2.35. The summed E-state index contributed by atoms with van der Waals surface area (Å²) >= 11 is 1.59. The number of thioether (sulfide) groups is 1. The van der Waals surface area contributed by atoms with Gasteiger partial charge < -0.3 is 20.5 Å². The van der Waals surface area contributed by atoms with Gasteiger partial charge >= 0.3 is 0 Å². The molecule has 3 N–H and O–H groups in total. The summed E-state index contributed by atoms with van der Waals surface area (Å²) in [7, 11) is 1.50. The van der Waals surface area contributed by atoms with Crippen molar-refractivity contribution in [2.24, 2.45) is 0 Å². The van der Waals surface area contributed by atoms with Crippen molar-refractivity contribution in [3.8, 4) is 11.5 Å². The lowest BCUT2D eigenvalue weighted by atomic mass is 9.94. The molecule has 2 heterocycles. The van der Waals surface area contributed by atoms with Crippen LogP contribution in [-0.2, 0) is 4.79 Å². The fourth-order valence-corrected chi connectivity index (χ4v) is 4.73. The molecule has 1 amide bonds. The molecule has 0 saturated heterocycles. The highest BCUT2D eigenvalue weighted by atomic mass is 32.2. The van der Waals surface area contributed by atoms with Gasteiger partial charge in [-0.25, -0.2) is 4.68 Å². The van der Waals surface area contributed by atoms with Crippen molar-refractivity contribution in [2.75, 3.05) is 23.5 Å². The Morgan fingerprint density at radius 3 is 2.68 bits per heavy atom. The van der Waals surface area contributed by atoms with Crippen LogP contribution in [0.15, 0.2) is 58.9 Å². The van der Waals surface area contributed by atoms with Gasteiger partial charge in [-0.2, -0.15) is 4.98 Å². The number of aromatic nitrogens is 3. The second-order valence-corrected chi connectivity index (χ2v) is 9.24. The standard InChI is InChI=1S/C25H29N5O3S/c1-5-6-13-34-25-28-24-26-16(3)21(23(32)27-18-10-7-15(2)8-11-18)22(30(24)29-25)17-9-12-20(33-4)19(31)14-17/h7-12,14,22,31H,5-6,13H2,1-4H3,(H,27,32)(H,26,28,29). The maximum atomic E-state index is 13.5. The van der Waals surface area contributed by atoms with E-state index in [1.54, 1.807) is 28.6 Å². The number of fused-ring (bicyclic) bond motifs is 1. The quantitative estimate of drug-likeness (QED) is 0.304. The minimum Gasteiger partial charge on any atom is -0.504 e. The van der Waals surface area contributed by atoms with Gasteiger partial charge in [0.2, 0.25) is 11.1 Å². The summed E-state index contributed by atoms with van der Waals surface area (Å²) in [5.74, 6) is 1.58. The van der Waals surface area contributed by atoms with E-state index in [9.17, 15) is 9.90 Å². The van der Waals surface area contributed by atoms with Crippen LogP contribution in [0.1, 0.15) is 43.9 Å². The number of ether oxygens (including phenoxy) is 1. The second-order valence-electron chi connectivity index (χ2n) is 8.18. The molecule has 3 aromatic rings. The molecule has 0 saturated carbocycles. The van der Waals surface area contributed by atoms with E-state index < -0.39 is 6.04 Å². The number of methoxy groups -OCH3 is 1. The molecule has 178 valence electrons. The summed E-state index contributed by atoms with van der Waals surface area (Å²) in [6.07, 6.45) is 2.16. The van der Waals surface area contributed by atoms with Crippen molar-refractivity contribution in [3.05, 3.63) is 64.9 Å². The van der Waals surface area contributed by atoms with Crippen LogP contribution < -0.4 is 15.4 Å². The van der Waals surface area contributed by atoms with E-state index in [0.717, 1.165) is 24.2 Å². The normalized spacial score (nSPS) is 15.0. The Morgan fingerprint density at radius 2 is 2.00 bits per heavy atom. The molecule has 9 heteroatoms. The van der Waals surface area contributed by atoms with E-state index in [1.165, 1.54) is 7.11 Å². The van der Waals surface area contributed by atoms with Crippen molar-refractivity contribution in [1.82, 2.24) is 14.8 Å². The number of benzene rings is 2. The topological polar surface area (TPSA) is 101 Å². The van der Waals surface area contributed by atoms with Crippen molar-refractivity contribution >= 4 is 29.3 Å². The smallest absolute Gasteiger partial charge is 0.255 e. The average Bonchev–Trinajstić information content (AvgIpc) is 3.21. The summed E-state index contributed by atoms with van der Waals surface area (Å²) < 4.78 is 6.92. The van der Waals surface area contributed by atoms with E-state index in [0.29, 0.717) is 39.4 Å². The molecule has 1 aliphatic heterocycles. The lowest BCUT2D eigenvalue weighted by Gasteiger charge is -2.29. The number of amides is 1. The number of aryl methyl sites for hydroxylation is 1. The molecule has 8 nitrogen and oxygen atoms in total. The molecule has 0 aliphatic carbocycles. The number of hydrogen-bond donors (Lipinski definition) is 3. The Bertz CT molecular complexity index is 1220. The first-order valence-corrected chi connectivity index (χ1v) is 12.2. The average molecular weight is 480 g/mol. The Kier molecular flexibility index (Phi) is 7.12. The van der Waals surface area contributed by atoms with Gasteiger partial charge in [0.1, 0.15) is 6.04 Å². The molecule has 1 aromatic heterocycles. The van der Waals surface area contributed by atoms with Crippen LogP contribution in [0.3, 0.4) is 0 Å². The van der Waals surface area contributed by atoms with E-state index in [-0.39, 0.29) is 11.7 Å². The van der Waals surface area contributed by atoms with Crippen LogP contribution >= 0.6 is 11.8 Å². The van der Waals surface area contributed by atoms with Crippen molar-refractivity contribution in [3.63, 3.8) is 0 Å². The largest absolute Gasteiger partial charge is 0.504 e. The van der Waals surface area contributed by atoms with E-state index in [1.807, 2.05) is 44.2 Å². The molecule has 2 aromatic carbocycles. The van der Waals surface area contributed by atoms with Gasteiger partial charge in [0, 0.05) is 17.1 Å². The number of aromatic hydroxyl groups is 1. The summed E-state index contributed by atoms with van der Waals surface area (Å²) in [6, 6.07) is 12.2. The zero-order chi connectivity index (χ0) is 24.2. The molecular formula is C25H29N5O3S. The first-order chi connectivity index (χ1) is 16.4. The SMILES string of the molecule is CCCCSc1nc2n(n1)C(c1ccc(OC)c(O)c1)C(C(=O)Nc1ccc(C)cc1)=C(C)N2. The first kappa shape index (κ1) is 23.7. The molecule has 1 aliphatic rings. The van der Waals surface area contributed by atoms with Gasteiger partial charge in [-0.15, -0.1) is 5.10 Å². The van der Waals surface area contributed by atoms with Gasteiger partial charge in [-0.3, -0.25) is 4.79 Å². The number of phenols is 1. The van der Waals surface area contributed by atoms with Gasteiger partial charge in [-0.1, -0.05) is 48.9 Å². The van der Waals surface area contributed by atoms with E-state index in [2.05, 4.69) is 22.5 Å². The maximum Gasteiger partial charge on any atom is 0.255 e. The lowest BCUT2D eigenvalue weighted by Crippen LogP contribution is -2.31. The molecule has 0 spiro atoms. The summed E-state index contributed by atoms with van der Waals surface area (Å²) in [5.41, 5.74) is 3.68. The Hall–Kier alpha value is -3.46. The first-order valence-electron chi connectivity index (χ1n) is 11.2. The Labute approximate surface area is 203 Å².